The Morgan fingerprint density at radius 3 is 2.36 bits per heavy atom. The molecule has 232 valence electrons. The van der Waals surface area contributed by atoms with Gasteiger partial charge in [-0.3, -0.25) is 14.6 Å². The molecule has 1 aliphatic heterocycles. The molecule has 1 saturated heterocycles. The number of carbonyl (C=O) groups is 2. The minimum atomic E-state index is 0.367. The van der Waals surface area contributed by atoms with E-state index in [9.17, 15) is 4.79 Å². The number of amides is 1. The summed E-state index contributed by atoms with van der Waals surface area (Å²) in [4.78, 5) is 34.8. The van der Waals surface area contributed by atoms with Crippen molar-refractivity contribution in [1.82, 2.24) is 20.2 Å². The third kappa shape index (κ3) is 13.5. The van der Waals surface area contributed by atoms with E-state index in [-0.39, 0.29) is 0 Å². The highest BCUT2D eigenvalue weighted by atomic mass is 16.1. The number of Topliss-reactive ketones (excluding diaryl/α,β-unsaturated/α-hetero) is 1. The van der Waals surface area contributed by atoms with Crippen molar-refractivity contribution in [2.45, 2.75) is 97.4 Å². The molecule has 1 saturated carbocycles. The molecule has 8 heteroatoms. The Bertz CT molecular complexity index is 1090. The average Bonchev–Trinajstić information content (AvgIpc) is 3.59. The van der Waals surface area contributed by atoms with Crippen LogP contribution in [0, 0.1) is 18.3 Å². The molecule has 1 aromatic heterocycles. The number of aromatic amines is 1. The fourth-order valence-corrected chi connectivity index (χ4v) is 4.97. The minimum Gasteiger partial charge on any atom is -0.398 e. The molecule has 0 bridgehead atoms. The van der Waals surface area contributed by atoms with Crippen LogP contribution in [0.3, 0.4) is 0 Å². The fraction of sp³-hybridized carbons (Fsp3) is 0.588. The lowest BCUT2D eigenvalue weighted by atomic mass is 9.93. The molecule has 1 aliphatic carbocycles. The van der Waals surface area contributed by atoms with E-state index < -0.39 is 0 Å². The molecule has 1 spiro atoms. The number of aromatic nitrogens is 2. The predicted octanol–water partition coefficient (Wildman–Crippen LogP) is 6.06. The van der Waals surface area contributed by atoms with E-state index in [1.807, 2.05) is 31.3 Å². The molecule has 2 aliphatic rings. The van der Waals surface area contributed by atoms with Crippen molar-refractivity contribution in [3.05, 3.63) is 35.8 Å². The highest BCUT2D eigenvalue weighted by Crippen LogP contribution is 2.53. The lowest BCUT2D eigenvalue weighted by molar-refractivity contribution is -0.118. The van der Waals surface area contributed by atoms with Gasteiger partial charge in [-0.05, 0) is 83.0 Å². The third-order valence-corrected chi connectivity index (χ3v) is 7.97. The molecule has 2 fully saturated rings. The molecule has 4 N–H and O–H groups in total. The Kier molecular flexibility index (Phi) is 17.8. The first-order chi connectivity index (χ1) is 20.3. The van der Waals surface area contributed by atoms with Crippen LogP contribution in [0.25, 0.3) is 11.3 Å². The van der Waals surface area contributed by atoms with Crippen molar-refractivity contribution in [1.29, 1.82) is 0 Å². The van der Waals surface area contributed by atoms with E-state index in [0.717, 1.165) is 78.3 Å². The number of nitrogens with one attached hydrogen (secondary N) is 2. The SMILES string of the molecule is C#C.CC(C)N1CCC2(CC1)CC2.CCC(=O)CCCCCCc1ncc(-c2ccc(N)c(C=NC)c2)[nH]1.CNC=O. The molecular weight excluding hydrogens is 524 g/mol. The number of aryl methyl sites for hydroxylation is 1. The van der Waals surface area contributed by atoms with Gasteiger partial charge in [0.05, 0.1) is 11.9 Å². The Morgan fingerprint density at radius 2 is 1.81 bits per heavy atom. The van der Waals surface area contributed by atoms with Crippen molar-refractivity contribution in [2.24, 2.45) is 10.4 Å². The fourth-order valence-electron chi connectivity index (χ4n) is 4.97. The number of nitrogens with two attached hydrogens (primary N) is 1. The van der Waals surface area contributed by atoms with Crippen molar-refractivity contribution < 1.29 is 9.59 Å². The third-order valence-electron chi connectivity index (χ3n) is 7.97. The number of hydrogen-bond acceptors (Lipinski definition) is 6. The maximum absolute atomic E-state index is 11.3. The predicted molar refractivity (Wildman–Crippen MR) is 177 cm³/mol. The molecule has 4 rings (SSSR count). The normalized spacial score (nSPS) is 15.0. The zero-order valence-corrected chi connectivity index (χ0v) is 26.6. The lowest BCUT2D eigenvalue weighted by Crippen LogP contribution is -2.38. The summed E-state index contributed by atoms with van der Waals surface area (Å²) in [6.07, 6.45) is 24.9. The number of nitrogen functional groups attached to an aromatic ring is 1. The summed E-state index contributed by atoms with van der Waals surface area (Å²) in [6.45, 7) is 9.26. The number of anilines is 1. The van der Waals surface area contributed by atoms with Crippen LogP contribution in [0.1, 0.15) is 96.4 Å². The minimum absolute atomic E-state index is 0.367. The maximum atomic E-state index is 11.3. The summed E-state index contributed by atoms with van der Waals surface area (Å²) in [7, 11) is 3.30. The number of imidazole rings is 1. The van der Waals surface area contributed by atoms with Gasteiger partial charge in [-0.1, -0.05) is 25.8 Å². The van der Waals surface area contributed by atoms with Gasteiger partial charge >= 0.3 is 0 Å². The van der Waals surface area contributed by atoms with Crippen LogP contribution < -0.4 is 11.1 Å². The average molecular weight is 579 g/mol. The second kappa shape index (κ2) is 20.4. The molecular formula is C34H54N6O2. The van der Waals surface area contributed by atoms with Crippen molar-refractivity contribution in [2.75, 3.05) is 32.9 Å². The van der Waals surface area contributed by atoms with Crippen LogP contribution >= 0.6 is 0 Å². The highest BCUT2D eigenvalue weighted by molar-refractivity contribution is 5.89. The number of unbranched alkanes of at least 4 members (excludes halogenated alkanes) is 3. The zero-order chi connectivity index (χ0) is 31.4. The van der Waals surface area contributed by atoms with Gasteiger partial charge in [0.1, 0.15) is 11.6 Å². The molecule has 42 heavy (non-hydrogen) atoms. The lowest BCUT2D eigenvalue weighted by Gasteiger charge is -2.34. The summed E-state index contributed by atoms with van der Waals surface area (Å²) in [6, 6.07) is 6.67. The summed E-state index contributed by atoms with van der Waals surface area (Å²) in [5.41, 5.74) is 10.5. The van der Waals surface area contributed by atoms with E-state index in [1.54, 1.807) is 20.3 Å². The number of ketones is 1. The number of carbonyl (C=O) groups excluding carboxylic acids is 2. The number of terminal acetylenes is 1. The smallest absolute Gasteiger partial charge is 0.206 e. The second-order valence-corrected chi connectivity index (χ2v) is 11.3. The van der Waals surface area contributed by atoms with E-state index in [4.69, 9.17) is 10.5 Å². The second-order valence-electron chi connectivity index (χ2n) is 11.3. The number of likely N-dealkylation sites (tertiary alicyclic amines) is 1. The standard InChI is InChI=1S/C20H28N4O.C10H19N.C2H5NO.C2H2/c1-3-17(25)8-6-4-5-7-9-20-23-14-19(24-20)15-10-11-18(21)16(12-15)13-22-2;1-9(2)11-7-5-10(3-4-10)6-8-11;1-3-2-4;1-2/h10-14H,3-9,21H2,1-2H3,(H,23,24);9H,3-8H2,1-2H3;2H,1H3,(H,3,4);1-2H. The Hall–Kier alpha value is -3.44. The first-order valence-corrected chi connectivity index (χ1v) is 15.3. The molecule has 0 unspecified atom stereocenters. The molecule has 8 nitrogen and oxygen atoms in total. The maximum Gasteiger partial charge on any atom is 0.206 e. The number of rotatable bonds is 12. The van der Waals surface area contributed by atoms with E-state index in [1.165, 1.54) is 38.8 Å². The molecule has 0 atom stereocenters. The van der Waals surface area contributed by atoms with Crippen LogP contribution in [0.15, 0.2) is 29.4 Å². The monoisotopic (exact) mass is 578 g/mol. The quantitative estimate of drug-likeness (QED) is 0.0930. The van der Waals surface area contributed by atoms with Crippen LogP contribution in [-0.4, -0.2) is 66.5 Å². The van der Waals surface area contributed by atoms with Crippen LogP contribution in [0.4, 0.5) is 5.69 Å². The van der Waals surface area contributed by atoms with Crippen molar-refractivity contribution in [3.8, 4) is 24.1 Å². The first-order valence-electron chi connectivity index (χ1n) is 15.3. The number of piperidine rings is 1. The summed E-state index contributed by atoms with van der Waals surface area (Å²) >= 11 is 0. The van der Waals surface area contributed by atoms with Crippen molar-refractivity contribution >= 4 is 24.1 Å². The number of benzene rings is 1. The Labute approximate surface area is 254 Å². The van der Waals surface area contributed by atoms with Gasteiger partial charge in [0.2, 0.25) is 6.41 Å². The van der Waals surface area contributed by atoms with Crippen LogP contribution in [0.2, 0.25) is 0 Å². The van der Waals surface area contributed by atoms with Crippen molar-refractivity contribution in [3.63, 3.8) is 0 Å². The summed E-state index contributed by atoms with van der Waals surface area (Å²) in [5.74, 6) is 1.37. The van der Waals surface area contributed by atoms with Gasteiger partial charge in [0.25, 0.3) is 0 Å². The highest BCUT2D eigenvalue weighted by Gasteiger charge is 2.44. The van der Waals surface area contributed by atoms with Crippen LogP contribution in [0.5, 0.6) is 0 Å². The molecule has 0 radical (unpaired) electrons. The van der Waals surface area contributed by atoms with E-state index >= 15 is 0 Å². The van der Waals surface area contributed by atoms with Crippen LogP contribution in [-0.2, 0) is 16.0 Å². The largest absolute Gasteiger partial charge is 0.398 e. The first kappa shape index (κ1) is 36.6. The Morgan fingerprint density at radius 1 is 1.17 bits per heavy atom. The summed E-state index contributed by atoms with van der Waals surface area (Å²) < 4.78 is 0. The number of hydrogen-bond donors (Lipinski definition) is 3. The summed E-state index contributed by atoms with van der Waals surface area (Å²) in [5, 5.41) is 2.25. The van der Waals surface area contributed by atoms with E-state index in [2.05, 4.69) is 51.9 Å². The number of aliphatic imine (C=N–C) groups is 1. The molecule has 2 aromatic rings. The van der Waals surface area contributed by atoms with Gasteiger partial charge < -0.3 is 20.9 Å². The van der Waals surface area contributed by atoms with Gasteiger partial charge in [0.15, 0.2) is 0 Å². The van der Waals surface area contributed by atoms with Gasteiger partial charge in [-0.25, -0.2) is 4.98 Å². The topological polar surface area (TPSA) is 116 Å². The molecule has 2 heterocycles. The van der Waals surface area contributed by atoms with Gasteiger partial charge in [0, 0.05) is 62.4 Å². The Balaban J connectivity index is 0.000000424. The van der Waals surface area contributed by atoms with Gasteiger partial charge in [-0.15, -0.1) is 12.8 Å². The molecule has 1 amide bonds. The van der Waals surface area contributed by atoms with E-state index in [0.29, 0.717) is 18.6 Å². The number of H-pyrrole nitrogens is 1. The van der Waals surface area contributed by atoms with Gasteiger partial charge in [-0.2, -0.15) is 0 Å². The number of nitrogens with zero attached hydrogens (tertiary/aromatic N) is 3. The molecule has 1 aromatic carbocycles. The zero-order valence-electron chi connectivity index (χ0n) is 26.6.